The number of hydrogen-bond acceptors (Lipinski definition) is 1. The van der Waals surface area contributed by atoms with Gasteiger partial charge < -0.3 is 5.11 Å². The van der Waals surface area contributed by atoms with E-state index < -0.39 is 0 Å². The van der Waals surface area contributed by atoms with E-state index >= 15 is 0 Å². The summed E-state index contributed by atoms with van der Waals surface area (Å²) >= 11 is 5.76. The summed E-state index contributed by atoms with van der Waals surface area (Å²) in [7, 11) is 0. The lowest BCUT2D eigenvalue weighted by Gasteiger charge is -2.10. The highest BCUT2D eigenvalue weighted by Crippen LogP contribution is 2.33. The number of hydrogen-bond donors (Lipinski definition) is 1. The smallest absolute Gasteiger partial charge is 0.134 e. The minimum atomic E-state index is -0.219. The number of phenolic OH excluding ortho intramolecular Hbond substituents is 1. The lowest BCUT2D eigenvalue weighted by molar-refractivity contribution is 0.475. The van der Waals surface area contributed by atoms with Crippen LogP contribution in [0.1, 0.15) is 18.4 Å². The van der Waals surface area contributed by atoms with Crippen LogP contribution in [0, 0.1) is 0 Å². The molecule has 1 aromatic carbocycles. The van der Waals surface area contributed by atoms with E-state index in [9.17, 15) is 9.50 Å². The van der Waals surface area contributed by atoms with E-state index in [0.717, 1.165) is 12.8 Å². The molecule has 1 aliphatic rings. The zero-order valence-corrected chi connectivity index (χ0v) is 8.76. The van der Waals surface area contributed by atoms with E-state index in [1.165, 1.54) is 6.07 Å². The van der Waals surface area contributed by atoms with Crippen LogP contribution in [0.25, 0.3) is 5.57 Å². The molecular formula is C12H10ClFO. The summed E-state index contributed by atoms with van der Waals surface area (Å²) in [5, 5.41) is 9.49. The largest absolute Gasteiger partial charge is 0.506 e. The van der Waals surface area contributed by atoms with Gasteiger partial charge in [0.05, 0.1) is 5.02 Å². The first kappa shape index (κ1) is 10.2. The molecule has 0 bridgehead atoms. The molecule has 3 heteroatoms. The maximum Gasteiger partial charge on any atom is 0.134 e. The third kappa shape index (κ3) is 2.05. The summed E-state index contributed by atoms with van der Waals surface area (Å²) in [5.74, 6) is -0.204. The highest BCUT2D eigenvalue weighted by molar-refractivity contribution is 6.32. The van der Waals surface area contributed by atoms with Gasteiger partial charge in [-0.15, -0.1) is 0 Å². The maximum absolute atomic E-state index is 13.5. The molecule has 15 heavy (non-hydrogen) atoms. The van der Waals surface area contributed by atoms with Crippen molar-refractivity contribution in [1.29, 1.82) is 0 Å². The summed E-state index contributed by atoms with van der Waals surface area (Å²) in [5.41, 5.74) is 1.26. The Morgan fingerprint density at radius 1 is 1.20 bits per heavy atom. The molecule has 0 atom stereocenters. The van der Waals surface area contributed by atoms with Gasteiger partial charge in [-0.1, -0.05) is 23.7 Å². The number of aromatic hydroxyl groups is 1. The Morgan fingerprint density at radius 2 is 1.93 bits per heavy atom. The van der Waals surface area contributed by atoms with Gasteiger partial charge in [0.1, 0.15) is 11.6 Å². The summed E-state index contributed by atoms with van der Waals surface area (Å²) < 4.78 is 13.5. The second kappa shape index (κ2) is 4.07. The molecular weight excluding hydrogens is 215 g/mol. The van der Waals surface area contributed by atoms with Gasteiger partial charge in [-0.25, -0.2) is 4.39 Å². The van der Waals surface area contributed by atoms with Crippen molar-refractivity contribution < 1.29 is 9.50 Å². The number of allylic oxidation sites excluding steroid dienone is 4. The predicted octanol–water partition coefficient (Wildman–Crippen LogP) is 4.08. The van der Waals surface area contributed by atoms with Gasteiger partial charge in [0, 0.05) is 5.57 Å². The molecule has 0 amide bonds. The van der Waals surface area contributed by atoms with Crippen molar-refractivity contribution in [2.75, 3.05) is 0 Å². The van der Waals surface area contributed by atoms with Gasteiger partial charge in [-0.3, -0.25) is 0 Å². The van der Waals surface area contributed by atoms with Gasteiger partial charge >= 0.3 is 0 Å². The topological polar surface area (TPSA) is 20.2 Å². The average Bonchev–Trinajstić information content (AvgIpc) is 2.23. The monoisotopic (exact) mass is 224 g/mol. The van der Waals surface area contributed by atoms with Crippen LogP contribution >= 0.6 is 11.6 Å². The van der Waals surface area contributed by atoms with Crippen molar-refractivity contribution in [3.63, 3.8) is 0 Å². The summed E-state index contributed by atoms with van der Waals surface area (Å²) in [4.78, 5) is 0. The van der Waals surface area contributed by atoms with E-state index in [4.69, 9.17) is 11.6 Å². The number of rotatable bonds is 1. The van der Waals surface area contributed by atoms with Crippen LogP contribution in [-0.2, 0) is 0 Å². The zero-order chi connectivity index (χ0) is 10.8. The Labute approximate surface area is 92.5 Å². The third-order valence-electron chi connectivity index (χ3n) is 2.35. The van der Waals surface area contributed by atoms with Gasteiger partial charge in [0.15, 0.2) is 0 Å². The van der Waals surface area contributed by atoms with Crippen LogP contribution in [0.15, 0.2) is 36.2 Å². The van der Waals surface area contributed by atoms with E-state index in [0.29, 0.717) is 11.1 Å². The fraction of sp³-hybridized carbons (Fsp3) is 0.167. The molecule has 0 saturated carbocycles. The van der Waals surface area contributed by atoms with Crippen molar-refractivity contribution in [3.8, 4) is 5.75 Å². The molecule has 0 heterocycles. The van der Waals surface area contributed by atoms with Crippen LogP contribution in [0.5, 0.6) is 5.75 Å². The number of halogens is 2. The molecule has 0 aliphatic heterocycles. The lowest BCUT2D eigenvalue weighted by atomic mass is 9.98. The average molecular weight is 225 g/mol. The number of benzene rings is 1. The summed E-state index contributed by atoms with van der Waals surface area (Å²) in [6, 6.07) is 4.70. The second-order valence-electron chi connectivity index (χ2n) is 3.41. The van der Waals surface area contributed by atoms with Gasteiger partial charge in [-0.2, -0.15) is 0 Å². The first-order valence-electron chi connectivity index (χ1n) is 4.73. The van der Waals surface area contributed by atoms with Gasteiger partial charge in [0.25, 0.3) is 0 Å². The van der Waals surface area contributed by atoms with Crippen LogP contribution < -0.4 is 0 Å². The van der Waals surface area contributed by atoms with Crippen molar-refractivity contribution in [3.05, 3.63) is 46.8 Å². The predicted molar refractivity (Wildman–Crippen MR) is 59.5 cm³/mol. The fourth-order valence-corrected chi connectivity index (χ4v) is 1.76. The highest BCUT2D eigenvalue weighted by atomic mass is 35.5. The van der Waals surface area contributed by atoms with E-state index in [2.05, 4.69) is 0 Å². The summed E-state index contributed by atoms with van der Waals surface area (Å²) in [6.07, 6.45) is 4.98. The molecule has 0 unspecified atom stereocenters. The number of phenols is 1. The molecule has 1 N–H and O–H groups in total. The Balaban J connectivity index is 2.42. The van der Waals surface area contributed by atoms with E-state index in [-0.39, 0.29) is 16.6 Å². The van der Waals surface area contributed by atoms with Crippen LogP contribution in [0.4, 0.5) is 4.39 Å². The molecule has 78 valence electrons. The Hall–Kier alpha value is -1.28. The normalized spacial score (nSPS) is 15.9. The molecule has 1 aromatic rings. The Bertz CT molecular complexity index is 449. The van der Waals surface area contributed by atoms with Crippen LogP contribution in [-0.4, -0.2) is 5.11 Å². The molecule has 1 aliphatic carbocycles. The van der Waals surface area contributed by atoms with Crippen molar-refractivity contribution in [2.24, 2.45) is 0 Å². The fourth-order valence-electron chi connectivity index (χ4n) is 1.58. The molecule has 0 aromatic heterocycles. The summed E-state index contributed by atoms with van der Waals surface area (Å²) in [6.45, 7) is 0. The lowest BCUT2D eigenvalue weighted by Crippen LogP contribution is -1.90. The third-order valence-corrected chi connectivity index (χ3v) is 2.66. The molecule has 0 radical (unpaired) electrons. The van der Waals surface area contributed by atoms with Crippen molar-refractivity contribution >= 4 is 17.2 Å². The first-order valence-corrected chi connectivity index (χ1v) is 5.11. The van der Waals surface area contributed by atoms with Crippen molar-refractivity contribution in [2.45, 2.75) is 12.8 Å². The zero-order valence-electron chi connectivity index (χ0n) is 8.00. The minimum Gasteiger partial charge on any atom is -0.506 e. The standard InChI is InChI=1S/C12H10ClFO/c13-10-7-8(5-6-12(10)15)9-3-1-2-4-11(9)14/h3-7,15H,1-2H2. The minimum absolute atomic E-state index is 0.0150. The van der Waals surface area contributed by atoms with Crippen LogP contribution in [0.3, 0.4) is 0 Å². The maximum atomic E-state index is 13.5. The molecule has 2 rings (SSSR count). The van der Waals surface area contributed by atoms with Gasteiger partial charge in [-0.05, 0) is 36.6 Å². The van der Waals surface area contributed by atoms with E-state index in [1.807, 2.05) is 6.08 Å². The Kier molecular flexibility index (Phi) is 2.78. The highest BCUT2D eigenvalue weighted by Gasteiger charge is 2.11. The first-order chi connectivity index (χ1) is 7.18. The molecule has 1 nitrogen and oxygen atoms in total. The SMILES string of the molecule is Oc1ccc(C2=CCCC=C2F)cc1Cl. The van der Waals surface area contributed by atoms with Gasteiger partial charge in [0.2, 0.25) is 0 Å². The quantitative estimate of drug-likeness (QED) is 0.762. The molecule has 0 fully saturated rings. The van der Waals surface area contributed by atoms with Crippen molar-refractivity contribution in [1.82, 2.24) is 0 Å². The molecule has 0 saturated heterocycles. The second-order valence-corrected chi connectivity index (χ2v) is 3.82. The Morgan fingerprint density at radius 3 is 2.60 bits per heavy atom. The van der Waals surface area contributed by atoms with Crippen LogP contribution in [0.2, 0.25) is 5.02 Å². The molecule has 0 spiro atoms. The van der Waals surface area contributed by atoms with E-state index in [1.54, 1.807) is 18.2 Å².